The van der Waals surface area contributed by atoms with Gasteiger partial charge in [-0.3, -0.25) is 14.5 Å². The highest BCUT2D eigenvalue weighted by molar-refractivity contribution is 5.83. The molecule has 0 radical (unpaired) electrons. The third-order valence-electron chi connectivity index (χ3n) is 4.42. The van der Waals surface area contributed by atoms with Crippen molar-refractivity contribution in [2.75, 3.05) is 13.1 Å². The molecule has 0 aromatic heterocycles. The van der Waals surface area contributed by atoms with Gasteiger partial charge in [-0.1, -0.05) is 12.3 Å². The lowest BCUT2D eigenvalue weighted by molar-refractivity contribution is -0.145. The minimum atomic E-state index is -0.814. The number of amides is 1. The summed E-state index contributed by atoms with van der Waals surface area (Å²) in [5.74, 6) is 1.96. The lowest BCUT2D eigenvalue weighted by Gasteiger charge is -2.29. The largest absolute Gasteiger partial charge is 0.480 e. The second-order valence-electron chi connectivity index (χ2n) is 5.43. The lowest BCUT2D eigenvalue weighted by atomic mass is 9.94. The number of aliphatic carboxylic acids is 1. The van der Waals surface area contributed by atoms with Crippen molar-refractivity contribution in [3.05, 3.63) is 0 Å². The lowest BCUT2D eigenvalue weighted by Crippen LogP contribution is -2.51. The van der Waals surface area contributed by atoms with E-state index >= 15 is 0 Å². The average molecular weight is 264 g/mol. The number of hydrogen-bond acceptors (Lipinski definition) is 3. The quantitative estimate of drug-likeness (QED) is 0.717. The van der Waals surface area contributed by atoms with Crippen LogP contribution in [0.5, 0.6) is 0 Å². The normalized spacial score (nSPS) is 31.5. The fourth-order valence-electron chi connectivity index (χ4n) is 3.50. The summed E-state index contributed by atoms with van der Waals surface area (Å²) < 4.78 is 0. The number of carbonyl (C=O) groups is 2. The summed E-state index contributed by atoms with van der Waals surface area (Å²) in [4.78, 5) is 25.2. The Balaban J connectivity index is 2.08. The van der Waals surface area contributed by atoms with Crippen LogP contribution >= 0.6 is 0 Å². The molecule has 5 nitrogen and oxygen atoms in total. The molecule has 0 bridgehead atoms. The monoisotopic (exact) mass is 264 g/mol. The Labute approximate surface area is 113 Å². The molecule has 1 heterocycles. The van der Waals surface area contributed by atoms with E-state index in [1.807, 2.05) is 4.90 Å². The van der Waals surface area contributed by atoms with Gasteiger partial charge in [-0.2, -0.15) is 0 Å². The van der Waals surface area contributed by atoms with E-state index in [-0.39, 0.29) is 18.4 Å². The van der Waals surface area contributed by atoms with E-state index < -0.39 is 18.1 Å². The van der Waals surface area contributed by atoms with E-state index in [4.69, 9.17) is 6.42 Å². The van der Waals surface area contributed by atoms with Crippen LogP contribution in [0.25, 0.3) is 0 Å². The molecular formula is C14H20N2O3. The van der Waals surface area contributed by atoms with Crippen LogP contribution in [0.3, 0.4) is 0 Å². The molecule has 19 heavy (non-hydrogen) atoms. The summed E-state index contributed by atoms with van der Waals surface area (Å²) in [5, 5.41) is 12.1. The summed E-state index contributed by atoms with van der Waals surface area (Å²) in [5.41, 5.74) is 0. The van der Waals surface area contributed by atoms with Gasteiger partial charge in [-0.05, 0) is 31.6 Å². The van der Waals surface area contributed by atoms with Crippen molar-refractivity contribution in [1.82, 2.24) is 10.2 Å². The average Bonchev–Trinajstić information content (AvgIpc) is 2.93. The molecule has 4 atom stereocenters. The van der Waals surface area contributed by atoms with Gasteiger partial charge in [0, 0.05) is 6.54 Å². The van der Waals surface area contributed by atoms with Crippen LogP contribution in [0.15, 0.2) is 0 Å². The van der Waals surface area contributed by atoms with Crippen LogP contribution in [-0.4, -0.2) is 47.1 Å². The van der Waals surface area contributed by atoms with Crippen molar-refractivity contribution >= 4 is 11.9 Å². The van der Waals surface area contributed by atoms with Gasteiger partial charge in [0.15, 0.2) is 0 Å². The first-order chi connectivity index (χ1) is 9.06. The maximum atomic E-state index is 11.9. The van der Waals surface area contributed by atoms with Crippen LogP contribution in [0.2, 0.25) is 0 Å². The minimum absolute atomic E-state index is 0.182. The SMILES string of the molecule is C#CCNC(=O)C(C)N1CC2CCCC2C1C(=O)O. The Kier molecular flexibility index (Phi) is 4.11. The number of likely N-dealkylation sites (tertiary alicyclic amines) is 1. The van der Waals surface area contributed by atoms with Gasteiger partial charge >= 0.3 is 5.97 Å². The number of terminal acetylenes is 1. The molecule has 2 fully saturated rings. The molecule has 1 aliphatic carbocycles. The predicted octanol–water partition coefficient (Wildman–Crippen LogP) is 0.309. The van der Waals surface area contributed by atoms with E-state index in [9.17, 15) is 14.7 Å². The maximum absolute atomic E-state index is 11.9. The van der Waals surface area contributed by atoms with E-state index in [2.05, 4.69) is 11.2 Å². The summed E-state index contributed by atoms with van der Waals surface area (Å²) >= 11 is 0. The molecule has 2 rings (SSSR count). The van der Waals surface area contributed by atoms with Gasteiger partial charge in [-0.25, -0.2) is 0 Å². The smallest absolute Gasteiger partial charge is 0.321 e. The second kappa shape index (κ2) is 5.62. The summed E-state index contributed by atoms with van der Waals surface area (Å²) in [6, 6.07) is -0.973. The number of carbonyl (C=O) groups excluding carboxylic acids is 1. The maximum Gasteiger partial charge on any atom is 0.321 e. The fraction of sp³-hybridized carbons (Fsp3) is 0.714. The van der Waals surface area contributed by atoms with E-state index in [0.29, 0.717) is 12.5 Å². The summed E-state index contributed by atoms with van der Waals surface area (Å²) in [6.45, 7) is 2.64. The third kappa shape index (κ3) is 2.59. The molecule has 2 N–H and O–H groups in total. The second-order valence-corrected chi connectivity index (χ2v) is 5.43. The van der Waals surface area contributed by atoms with E-state index in [0.717, 1.165) is 19.3 Å². The Morgan fingerprint density at radius 3 is 2.89 bits per heavy atom. The van der Waals surface area contributed by atoms with Gasteiger partial charge in [0.25, 0.3) is 0 Å². The Morgan fingerprint density at radius 2 is 2.26 bits per heavy atom. The zero-order chi connectivity index (χ0) is 14.0. The number of hydrogen-bond donors (Lipinski definition) is 2. The van der Waals surface area contributed by atoms with Crippen LogP contribution in [0, 0.1) is 24.2 Å². The van der Waals surface area contributed by atoms with Crippen molar-refractivity contribution in [3.8, 4) is 12.3 Å². The van der Waals surface area contributed by atoms with Crippen molar-refractivity contribution in [2.45, 2.75) is 38.3 Å². The molecule has 0 aromatic carbocycles. The van der Waals surface area contributed by atoms with Crippen LogP contribution in [-0.2, 0) is 9.59 Å². The summed E-state index contributed by atoms with van der Waals surface area (Å²) in [7, 11) is 0. The van der Waals surface area contributed by atoms with E-state index in [1.54, 1.807) is 6.92 Å². The van der Waals surface area contributed by atoms with Crippen molar-refractivity contribution < 1.29 is 14.7 Å². The van der Waals surface area contributed by atoms with Gasteiger partial charge in [-0.15, -0.1) is 6.42 Å². The Hall–Kier alpha value is -1.54. The van der Waals surface area contributed by atoms with Crippen molar-refractivity contribution in [1.29, 1.82) is 0 Å². The molecule has 5 heteroatoms. The van der Waals surface area contributed by atoms with Gasteiger partial charge in [0.2, 0.25) is 5.91 Å². The molecule has 0 aromatic rings. The fourth-order valence-corrected chi connectivity index (χ4v) is 3.50. The molecular weight excluding hydrogens is 244 g/mol. The first-order valence-electron chi connectivity index (χ1n) is 6.76. The number of rotatable bonds is 4. The highest BCUT2D eigenvalue weighted by atomic mass is 16.4. The van der Waals surface area contributed by atoms with Crippen molar-refractivity contribution in [2.24, 2.45) is 11.8 Å². The molecule has 1 saturated heterocycles. The molecule has 1 saturated carbocycles. The van der Waals surface area contributed by atoms with Gasteiger partial charge in [0.1, 0.15) is 6.04 Å². The molecule has 0 spiro atoms. The Bertz CT molecular complexity index is 415. The molecule has 4 unspecified atom stereocenters. The third-order valence-corrected chi connectivity index (χ3v) is 4.42. The highest BCUT2D eigenvalue weighted by Crippen LogP contribution is 2.42. The zero-order valence-corrected chi connectivity index (χ0v) is 11.1. The van der Waals surface area contributed by atoms with Crippen molar-refractivity contribution in [3.63, 3.8) is 0 Å². The van der Waals surface area contributed by atoms with E-state index in [1.165, 1.54) is 0 Å². The van der Waals surface area contributed by atoms with Crippen LogP contribution in [0.4, 0.5) is 0 Å². The number of nitrogens with zero attached hydrogens (tertiary/aromatic N) is 1. The molecule has 1 aliphatic heterocycles. The predicted molar refractivity (Wildman–Crippen MR) is 70.3 cm³/mol. The number of carboxylic acid groups (broad SMARTS) is 1. The van der Waals surface area contributed by atoms with Crippen LogP contribution in [0.1, 0.15) is 26.2 Å². The summed E-state index contributed by atoms with van der Waals surface area (Å²) in [6.07, 6.45) is 8.24. The van der Waals surface area contributed by atoms with Crippen LogP contribution < -0.4 is 5.32 Å². The number of carboxylic acids is 1. The number of nitrogens with one attached hydrogen (secondary N) is 1. The molecule has 1 amide bonds. The molecule has 104 valence electrons. The first-order valence-corrected chi connectivity index (χ1v) is 6.76. The first kappa shape index (κ1) is 13.9. The standard InChI is InChI=1S/C14H20N2O3/c1-3-7-15-13(17)9(2)16-8-10-5-4-6-11(10)12(16)14(18)19/h1,9-12H,4-8H2,2H3,(H,15,17)(H,18,19). The minimum Gasteiger partial charge on any atom is -0.480 e. The Morgan fingerprint density at radius 1 is 1.53 bits per heavy atom. The molecule has 2 aliphatic rings. The topological polar surface area (TPSA) is 69.6 Å². The van der Waals surface area contributed by atoms with Gasteiger partial charge in [0.05, 0.1) is 12.6 Å². The number of fused-ring (bicyclic) bond motifs is 1. The zero-order valence-electron chi connectivity index (χ0n) is 11.1. The van der Waals surface area contributed by atoms with Gasteiger partial charge < -0.3 is 10.4 Å². The highest BCUT2D eigenvalue weighted by Gasteiger charge is 2.49.